The van der Waals surface area contributed by atoms with Crippen molar-refractivity contribution in [3.05, 3.63) is 48.6 Å². The van der Waals surface area contributed by atoms with Crippen molar-refractivity contribution in [3.8, 4) is 0 Å². The van der Waals surface area contributed by atoms with Crippen LogP contribution in [0.4, 0.5) is 0 Å². The van der Waals surface area contributed by atoms with Gasteiger partial charge in [0, 0.05) is 20.6 Å². The normalized spacial score (nSPS) is 13.6. The third-order valence-electron chi connectivity index (χ3n) is 3.36. The van der Waals surface area contributed by atoms with E-state index in [4.69, 9.17) is 18.9 Å². The Kier molecular flexibility index (Phi) is 9.21. The Morgan fingerprint density at radius 3 is 2.43 bits per heavy atom. The minimum atomic E-state index is -0.539. The third-order valence-corrected chi connectivity index (χ3v) is 3.36. The first-order valence-electron chi connectivity index (χ1n) is 7.63. The van der Waals surface area contributed by atoms with Crippen LogP contribution in [0.5, 0.6) is 0 Å². The van der Waals surface area contributed by atoms with Crippen LogP contribution in [0.3, 0.4) is 0 Å². The number of carbonyl (C=O) groups excluding carboxylic acids is 1. The molecule has 0 amide bonds. The van der Waals surface area contributed by atoms with Crippen molar-refractivity contribution in [2.24, 2.45) is 0 Å². The first kappa shape index (κ1) is 19.4. The predicted octanol–water partition coefficient (Wildman–Crippen LogP) is 3.09. The summed E-state index contributed by atoms with van der Waals surface area (Å²) in [6.45, 7) is 5.77. The molecule has 0 saturated heterocycles. The molecular formula is C18H26O5. The highest BCUT2D eigenvalue weighted by Gasteiger charge is 2.23. The average molecular weight is 322 g/mol. The number of hydrogen-bond donors (Lipinski definition) is 0. The van der Waals surface area contributed by atoms with Gasteiger partial charge in [-0.1, -0.05) is 43.0 Å². The summed E-state index contributed by atoms with van der Waals surface area (Å²) < 4.78 is 21.6. The van der Waals surface area contributed by atoms with Gasteiger partial charge in [0.15, 0.2) is 6.29 Å². The topological polar surface area (TPSA) is 54.0 Å². The number of methoxy groups -OCH3 is 2. The Bertz CT molecular complexity index is 456. The van der Waals surface area contributed by atoms with E-state index in [0.717, 1.165) is 5.56 Å². The van der Waals surface area contributed by atoms with Gasteiger partial charge in [0.1, 0.15) is 12.2 Å². The number of benzene rings is 1. The third kappa shape index (κ3) is 7.41. The van der Waals surface area contributed by atoms with Gasteiger partial charge < -0.3 is 18.9 Å². The second-order valence-electron chi connectivity index (χ2n) is 5.14. The van der Waals surface area contributed by atoms with Crippen molar-refractivity contribution in [3.63, 3.8) is 0 Å². The molecule has 0 aromatic heterocycles. The van der Waals surface area contributed by atoms with Gasteiger partial charge in [-0.15, -0.1) is 0 Å². The maximum Gasteiger partial charge on any atom is 0.306 e. The SMILES string of the molecule is C=C[C@@H](C)OC(=O)CC[C@H](OCc1ccccc1)C(OC)OC. The van der Waals surface area contributed by atoms with Gasteiger partial charge in [-0.05, 0) is 18.9 Å². The maximum atomic E-state index is 11.8. The Morgan fingerprint density at radius 2 is 1.87 bits per heavy atom. The number of esters is 1. The highest BCUT2D eigenvalue weighted by Crippen LogP contribution is 2.15. The van der Waals surface area contributed by atoms with Crippen molar-refractivity contribution in [1.82, 2.24) is 0 Å². The molecule has 1 aromatic carbocycles. The first-order valence-corrected chi connectivity index (χ1v) is 7.63. The Labute approximate surface area is 138 Å². The summed E-state index contributed by atoms with van der Waals surface area (Å²) in [5.41, 5.74) is 1.05. The fourth-order valence-electron chi connectivity index (χ4n) is 2.05. The molecule has 0 bridgehead atoms. The molecule has 0 radical (unpaired) electrons. The second-order valence-corrected chi connectivity index (χ2v) is 5.14. The first-order chi connectivity index (χ1) is 11.1. The summed E-state index contributed by atoms with van der Waals surface area (Å²) >= 11 is 0. The van der Waals surface area contributed by atoms with E-state index in [0.29, 0.717) is 13.0 Å². The molecular weight excluding hydrogens is 296 g/mol. The number of rotatable bonds is 11. The summed E-state index contributed by atoms with van der Waals surface area (Å²) in [5.74, 6) is -0.295. The number of carbonyl (C=O) groups is 1. The van der Waals surface area contributed by atoms with E-state index in [9.17, 15) is 4.79 Å². The average Bonchev–Trinajstić information content (AvgIpc) is 2.58. The predicted molar refractivity (Wildman–Crippen MR) is 87.8 cm³/mol. The van der Waals surface area contributed by atoms with Crippen molar-refractivity contribution in [2.45, 2.75) is 44.9 Å². The van der Waals surface area contributed by atoms with Gasteiger partial charge in [0.05, 0.1) is 6.61 Å². The molecule has 5 nitrogen and oxygen atoms in total. The summed E-state index contributed by atoms with van der Waals surface area (Å²) in [7, 11) is 3.09. The molecule has 1 rings (SSSR count). The van der Waals surface area contributed by atoms with Gasteiger partial charge in [0.2, 0.25) is 0 Å². The van der Waals surface area contributed by atoms with Crippen molar-refractivity contribution in [1.29, 1.82) is 0 Å². The fourth-order valence-corrected chi connectivity index (χ4v) is 2.05. The van der Waals surface area contributed by atoms with Crippen LogP contribution in [0, 0.1) is 0 Å². The summed E-state index contributed by atoms with van der Waals surface area (Å²) in [6, 6.07) is 9.81. The largest absolute Gasteiger partial charge is 0.458 e. The zero-order valence-corrected chi connectivity index (χ0v) is 14.1. The quantitative estimate of drug-likeness (QED) is 0.356. The molecule has 0 aliphatic heterocycles. The Balaban J connectivity index is 2.55. The molecule has 23 heavy (non-hydrogen) atoms. The van der Waals surface area contributed by atoms with Gasteiger partial charge in [0.25, 0.3) is 0 Å². The fraction of sp³-hybridized carbons (Fsp3) is 0.500. The molecule has 0 aliphatic rings. The van der Waals surface area contributed by atoms with Crippen molar-refractivity contribution >= 4 is 5.97 Å². The molecule has 2 atom stereocenters. The highest BCUT2D eigenvalue weighted by molar-refractivity contribution is 5.69. The van der Waals surface area contributed by atoms with Gasteiger partial charge >= 0.3 is 5.97 Å². The minimum Gasteiger partial charge on any atom is -0.458 e. The molecule has 1 aromatic rings. The van der Waals surface area contributed by atoms with Crippen LogP contribution in [0.1, 0.15) is 25.3 Å². The summed E-state index contributed by atoms with van der Waals surface area (Å²) in [4.78, 5) is 11.8. The minimum absolute atomic E-state index is 0.223. The van der Waals surface area contributed by atoms with Crippen LogP contribution in [-0.2, 0) is 30.3 Å². The molecule has 0 fully saturated rings. The zero-order chi connectivity index (χ0) is 17.1. The van der Waals surface area contributed by atoms with E-state index in [2.05, 4.69) is 6.58 Å². The smallest absolute Gasteiger partial charge is 0.306 e. The number of ether oxygens (including phenoxy) is 4. The van der Waals surface area contributed by atoms with Crippen molar-refractivity contribution < 1.29 is 23.7 Å². The highest BCUT2D eigenvalue weighted by atomic mass is 16.7. The van der Waals surface area contributed by atoms with E-state index < -0.39 is 6.29 Å². The molecule has 0 N–H and O–H groups in total. The summed E-state index contributed by atoms with van der Waals surface area (Å²) in [5, 5.41) is 0. The Hall–Kier alpha value is -1.69. The second kappa shape index (κ2) is 10.9. The molecule has 0 saturated carbocycles. The van der Waals surface area contributed by atoms with Gasteiger partial charge in [-0.2, -0.15) is 0 Å². The van der Waals surface area contributed by atoms with E-state index >= 15 is 0 Å². The molecule has 5 heteroatoms. The monoisotopic (exact) mass is 322 g/mol. The van der Waals surface area contributed by atoms with E-state index in [1.54, 1.807) is 27.2 Å². The summed E-state index contributed by atoms with van der Waals surface area (Å²) in [6.07, 6.45) is 1.05. The van der Waals surface area contributed by atoms with Crippen molar-refractivity contribution in [2.75, 3.05) is 14.2 Å². The lowest BCUT2D eigenvalue weighted by Gasteiger charge is -2.25. The van der Waals surface area contributed by atoms with E-state index in [1.165, 1.54) is 0 Å². The van der Waals surface area contributed by atoms with Crippen LogP contribution in [0.15, 0.2) is 43.0 Å². The van der Waals surface area contributed by atoms with Crippen LogP contribution in [0.25, 0.3) is 0 Å². The van der Waals surface area contributed by atoms with Gasteiger partial charge in [-0.3, -0.25) is 4.79 Å². The molecule has 0 aliphatic carbocycles. The van der Waals surface area contributed by atoms with Crippen LogP contribution in [-0.4, -0.2) is 38.7 Å². The number of hydrogen-bond acceptors (Lipinski definition) is 5. The maximum absolute atomic E-state index is 11.8. The van der Waals surface area contributed by atoms with Crippen LogP contribution >= 0.6 is 0 Å². The molecule has 0 heterocycles. The lowest BCUT2D eigenvalue weighted by molar-refractivity contribution is -0.187. The van der Waals surface area contributed by atoms with Crippen LogP contribution < -0.4 is 0 Å². The standard InChI is InChI=1S/C18H26O5/c1-5-14(2)23-17(19)12-11-16(18(20-3)21-4)22-13-15-9-7-6-8-10-15/h5-10,14,16,18H,1,11-13H2,2-4H3/t14-,16+/m1/s1. The molecule has 0 spiro atoms. The van der Waals surface area contributed by atoms with E-state index in [1.807, 2.05) is 30.3 Å². The van der Waals surface area contributed by atoms with E-state index in [-0.39, 0.29) is 24.6 Å². The van der Waals surface area contributed by atoms with Gasteiger partial charge in [-0.25, -0.2) is 0 Å². The molecule has 128 valence electrons. The molecule has 0 unspecified atom stereocenters. The van der Waals surface area contributed by atoms with Crippen LogP contribution in [0.2, 0.25) is 0 Å². The Morgan fingerprint density at radius 1 is 1.22 bits per heavy atom. The lowest BCUT2D eigenvalue weighted by Crippen LogP contribution is -2.33. The zero-order valence-electron chi connectivity index (χ0n) is 14.1. The lowest BCUT2D eigenvalue weighted by atomic mass is 10.1.